The molecule has 32 heavy (non-hydrogen) atoms. The van der Waals surface area contributed by atoms with Gasteiger partial charge in [0.15, 0.2) is 11.5 Å². The lowest BCUT2D eigenvalue weighted by Gasteiger charge is -2.35. The molecule has 0 fully saturated rings. The molecule has 0 bridgehead atoms. The van der Waals surface area contributed by atoms with Crippen LogP contribution in [0.25, 0.3) is 0 Å². The Morgan fingerprint density at radius 3 is 2.31 bits per heavy atom. The molecule has 3 aromatic carbocycles. The smallest absolute Gasteiger partial charge is 0.246 e. The molecule has 0 unspecified atom stereocenters. The fourth-order valence-electron chi connectivity index (χ4n) is 4.36. The number of hydrogen-bond donors (Lipinski definition) is 1. The first-order chi connectivity index (χ1) is 15.5. The number of ether oxygens (including phenoxy) is 2. The largest absolute Gasteiger partial charge is 0.493 e. The Kier molecular flexibility index (Phi) is 6.47. The molecule has 4 rings (SSSR count). The Labute approximate surface area is 190 Å². The minimum Gasteiger partial charge on any atom is -0.493 e. The summed E-state index contributed by atoms with van der Waals surface area (Å²) in [6, 6.07) is 19.8. The van der Waals surface area contributed by atoms with Gasteiger partial charge in [-0.25, -0.2) is 0 Å². The number of aryl methyl sites for hydroxylation is 2. The quantitative estimate of drug-likeness (QED) is 0.594. The number of carbonyl (C=O) groups excluding carboxylic acids is 1. The van der Waals surface area contributed by atoms with Crippen molar-refractivity contribution < 1.29 is 14.3 Å². The number of fused-ring (bicyclic) bond motifs is 1. The van der Waals surface area contributed by atoms with Crippen molar-refractivity contribution in [3.05, 3.63) is 88.5 Å². The van der Waals surface area contributed by atoms with E-state index in [-0.39, 0.29) is 5.91 Å². The third-order valence-electron chi connectivity index (χ3n) is 6.13. The van der Waals surface area contributed by atoms with E-state index in [1.807, 2.05) is 62.4 Å². The van der Waals surface area contributed by atoms with Gasteiger partial charge in [0.05, 0.1) is 14.2 Å². The van der Waals surface area contributed by atoms with Gasteiger partial charge in [-0.3, -0.25) is 9.69 Å². The summed E-state index contributed by atoms with van der Waals surface area (Å²) in [5.41, 5.74) is 6.42. The summed E-state index contributed by atoms with van der Waals surface area (Å²) in [7, 11) is 3.30. The molecule has 1 atom stereocenters. The van der Waals surface area contributed by atoms with Crippen molar-refractivity contribution in [1.29, 1.82) is 0 Å². The van der Waals surface area contributed by atoms with Crippen LogP contribution in [0, 0.1) is 13.8 Å². The Morgan fingerprint density at radius 2 is 1.62 bits per heavy atom. The number of carbonyl (C=O) groups is 1. The summed E-state index contributed by atoms with van der Waals surface area (Å²) in [6.45, 7) is 5.49. The second-order valence-corrected chi connectivity index (χ2v) is 8.32. The van der Waals surface area contributed by atoms with Gasteiger partial charge >= 0.3 is 0 Å². The molecule has 1 aliphatic heterocycles. The van der Waals surface area contributed by atoms with Crippen molar-refractivity contribution in [2.24, 2.45) is 0 Å². The van der Waals surface area contributed by atoms with E-state index in [4.69, 9.17) is 9.47 Å². The van der Waals surface area contributed by atoms with E-state index >= 15 is 0 Å². The molecular formula is C27H30N2O3. The van der Waals surface area contributed by atoms with Gasteiger partial charge in [-0.15, -0.1) is 0 Å². The number of anilines is 1. The van der Waals surface area contributed by atoms with E-state index in [2.05, 4.69) is 22.3 Å². The molecule has 5 nitrogen and oxygen atoms in total. The van der Waals surface area contributed by atoms with E-state index in [1.165, 1.54) is 5.56 Å². The van der Waals surface area contributed by atoms with Crippen LogP contribution in [0.1, 0.15) is 33.9 Å². The van der Waals surface area contributed by atoms with Crippen LogP contribution in [0.2, 0.25) is 0 Å². The molecule has 0 radical (unpaired) electrons. The van der Waals surface area contributed by atoms with Crippen LogP contribution in [0.3, 0.4) is 0 Å². The van der Waals surface area contributed by atoms with Crippen LogP contribution in [-0.4, -0.2) is 31.6 Å². The predicted molar refractivity (Wildman–Crippen MR) is 127 cm³/mol. The van der Waals surface area contributed by atoms with E-state index < -0.39 is 6.04 Å². The SMILES string of the molecule is COc1cc2c(cc1OC)CN([C@@H](C(=O)Nc1cc(C)ccc1C)c1ccccc1)CC2. The van der Waals surface area contributed by atoms with Crippen LogP contribution < -0.4 is 14.8 Å². The van der Waals surface area contributed by atoms with Gasteiger partial charge in [-0.1, -0.05) is 42.5 Å². The van der Waals surface area contributed by atoms with Gasteiger partial charge < -0.3 is 14.8 Å². The first-order valence-corrected chi connectivity index (χ1v) is 10.9. The van der Waals surface area contributed by atoms with Crippen molar-refractivity contribution in [2.45, 2.75) is 32.9 Å². The number of rotatable bonds is 6. The molecule has 166 valence electrons. The molecule has 1 N–H and O–H groups in total. The minimum atomic E-state index is -0.391. The molecule has 0 aliphatic carbocycles. The maximum Gasteiger partial charge on any atom is 0.246 e. The second kappa shape index (κ2) is 9.45. The highest BCUT2D eigenvalue weighted by molar-refractivity contribution is 5.96. The van der Waals surface area contributed by atoms with Gasteiger partial charge in [0.2, 0.25) is 5.91 Å². The van der Waals surface area contributed by atoms with Crippen LogP contribution in [0.15, 0.2) is 60.7 Å². The van der Waals surface area contributed by atoms with Crippen molar-refractivity contribution in [1.82, 2.24) is 4.90 Å². The summed E-state index contributed by atoms with van der Waals surface area (Å²) in [4.78, 5) is 15.9. The fourth-order valence-corrected chi connectivity index (χ4v) is 4.36. The average molecular weight is 431 g/mol. The van der Waals surface area contributed by atoms with Crippen molar-refractivity contribution in [3.63, 3.8) is 0 Å². The fraction of sp³-hybridized carbons (Fsp3) is 0.296. The van der Waals surface area contributed by atoms with Crippen LogP contribution in [0.4, 0.5) is 5.69 Å². The van der Waals surface area contributed by atoms with Crippen LogP contribution in [-0.2, 0) is 17.8 Å². The number of nitrogens with one attached hydrogen (secondary N) is 1. The van der Waals surface area contributed by atoms with Crippen molar-refractivity contribution in [3.8, 4) is 11.5 Å². The summed E-state index contributed by atoms with van der Waals surface area (Å²) in [6.07, 6.45) is 0.843. The molecule has 5 heteroatoms. The summed E-state index contributed by atoms with van der Waals surface area (Å²) < 4.78 is 11.0. The van der Waals surface area contributed by atoms with E-state index in [1.54, 1.807) is 14.2 Å². The van der Waals surface area contributed by atoms with Gasteiger partial charge in [-0.2, -0.15) is 0 Å². The lowest BCUT2D eigenvalue weighted by atomic mass is 9.95. The molecule has 1 aliphatic rings. The maximum atomic E-state index is 13.6. The zero-order valence-electron chi connectivity index (χ0n) is 19.1. The zero-order valence-corrected chi connectivity index (χ0v) is 19.1. The minimum absolute atomic E-state index is 0.0196. The van der Waals surface area contributed by atoms with E-state index in [9.17, 15) is 4.79 Å². The van der Waals surface area contributed by atoms with E-state index in [0.717, 1.165) is 46.7 Å². The molecular weight excluding hydrogens is 400 g/mol. The van der Waals surface area contributed by atoms with Crippen molar-refractivity contribution in [2.75, 3.05) is 26.1 Å². The topological polar surface area (TPSA) is 50.8 Å². The molecule has 1 heterocycles. The van der Waals surface area contributed by atoms with Crippen LogP contribution in [0.5, 0.6) is 11.5 Å². The number of nitrogens with zero attached hydrogens (tertiary/aromatic N) is 1. The first kappa shape index (κ1) is 21.9. The lowest BCUT2D eigenvalue weighted by molar-refractivity contribution is -0.122. The van der Waals surface area contributed by atoms with Gasteiger partial charge in [0.25, 0.3) is 0 Å². The predicted octanol–water partition coefficient (Wildman–Crippen LogP) is 5.06. The zero-order chi connectivity index (χ0) is 22.7. The number of hydrogen-bond acceptors (Lipinski definition) is 4. The monoisotopic (exact) mass is 430 g/mol. The molecule has 3 aromatic rings. The standard InChI is InChI=1S/C27H30N2O3/c1-18-10-11-19(2)23(14-18)28-27(30)26(20-8-6-5-7-9-20)29-13-12-21-15-24(31-3)25(32-4)16-22(21)17-29/h5-11,14-16,26H,12-13,17H2,1-4H3,(H,28,30)/t26-/m1/s1. The molecule has 0 spiro atoms. The van der Waals surface area contributed by atoms with Gasteiger partial charge in [0.1, 0.15) is 6.04 Å². The Morgan fingerprint density at radius 1 is 0.938 bits per heavy atom. The molecule has 0 saturated carbocycles. The molecule has 0 saturated heterocycles. The molecule has 0 aromatic heterocycles. The number of amides is 1. The first-order valence-electron chi connectivity index (χ1n) is 10.9. The van der Waals surface area contributed by atoms with Crippen LogP contribution >= 0.6 is 0 Å². The van der Waals surface area contributed by atoms with Gasteiger partial charge in [-0.05, 0) is 66.3 Å². The number of benzene rings is 3. The Hall–Kier alpha value is -3.31. The Balaban J connectivity index is 1.66. The Bertz CT molecular complexity index is 1110. The third kappa shape index (κ3) is 4.48. The average Bonchev–Trinajstić information content (AvgIpc) is 2.81. The third-order valence-corrected chi connectivity index (χ3v) is 6.13. The van der Waals surface area contributed by atoms with Crippen molar-refractivity contribution >= 4 is 11.6 Å². The normalized spacial score (nSPS) is 14.4. The highest BCUT2D eigenvalue weighted by atomic mass is 16.5. The van der Waals surface area contributed by atoms with Gasteiger partial charge in [0, 0.05) is 18.8 Å². The maximum absolute atomic E-state index is 13.6. The number of methoxy groups -OCH3 is 2. The highest BCUT2D eigenvalue weighted by Crippen LogP contribution is 2.36. The summed E-state index contributed by atoms with van der Waals surface area (Å²) in [5.74, 6) is 1.44. The second-order valence-electron chi connectivity index (χ2n) is 8.32. The summed E-state index contributed by atoms with van der Waals surface area (Å²) >= 11 is 0. The van der Waals surface area contributed by atoms with E-state index in [0.29, 0.717) is 12.3 Å². The highest BCUT2D eigenvalue weighted by Gasteiger charge is 2.31. The molecule has 1 amide bonds. The summed E-state index contributed by atoms with van der Waals surface area (Å²) in [5, 5.41) is 3.19. The lowest BCUT2D eigenvalue weighted by Crippen LogP contribution is -2.40.